The maximum Gasteiger partial charge on any atom is 0.148 e. The highest BCUT2D eigenvalue weighted by atomic mass is 35.5. The molecule has 1 N–H and O–H groups in total. The van der Waals surface area contributed by atoms with Crippen molar-refractivity contribution in [1.82, 2.24) is 9.97 Å². The average molecular weight is 296 g/mol. The maximum absolute atomic E-state index is 5.88. The number of halogens is 2. The quantitative estimate of drug-likeness (QED) is 0.895. The second kappa shape index (κ2) is 6.73. The van der Waals surface area contributed by atoms with Crippen molar-refractivity contribution in [3.8, 4) is 0 Å². The van der Waals surface area contributed by atoms with Gasteiger partial charge in [0.15, 0.2) is 0 Å². The molecule has 1 aliphatic carbocycles. The van der Waals surface area contributed by atoms with Crippen molar-refractivity contribution in [2.45, 2.75) is 25.8 Å². The van der Waals surface area contributed by atoms with Crippen LogP contribution in [0.15, 0.2) is 36.5 Å². The molecule has 0 atom stereocenters. The highest BCUT2D eigenvalue weighted by molar-refractivity contribution is 6.32. The van der Waals surface area contributed by atoms with E-state index in [9.17, 15) is 0 Å². The Morgan fingerprint density at radius 3 is 2.37 bits per heavy atom. The molecular weight excluding hydrogens is 281 g/mol. The molecule has 1 aliphatic rings. The van der Waals surface area contributed by atoms with E-state index in [2.05, 4.69) is 15.3 Å². The molecule has 1 saturated carbocycles. The first kappa shape index (κ1) is 14.1. The Kier molecular flexibility index (Phi) is 5.00. The first-order chi connectivity index (χ1) is 9.15. The fraction of sp³-hybridized carbons (Fsp3) is 0.286. The summed E-state index contributed by atoms with van der Waals surface area (Å²) in [6.07, 6.45) is 4.08. The van der Waals surface area contributed by atoms with Crippen LogP contribution in [-0.4, -0.2) is 16.0 Å². The molecule has 3 rings (SSSR count). The molecule has 0 aliphatic heterocycles. The molecule has 0 amide bonds. The standard InChI is InChI=1S/C8H10ClN3.C6H5Cl/c1-5-10-4-7(9)8(11-5)12-6-2-3-6;7-6-4-2-1-3-5-6/h4,6H,2-3H2,1H3,(H,10,11,12);1-5H. The summed E-state index contributed by atoms with van der Waals surface area (Å²) in [5, 5.41) is 4.64. The van der Waals surface area contributed by atoms with Crippen LogP contribution in [0.4, 0.5) is 5.82 Å². The van der Waals surface area contributed by atoms with E-state index < -0.39 is 0 Å². The van der Waals surface area contributed by atoms with Gasteiger partial charge in [-0.1, -0.05) is 41.4 Å². The number of aryl methyl sites for hydroxylation is 1. The topological polar surface area (TPSA) is 37.8 Å². The minimum absolute atomic E-state index is 0.580. The minimum Gasteiger partial charge on any atom is -0.366 e. The van der Waals surface area contributed by atoms with Gasteiger partial charge >= 0.3 is 0 Å². The van der Waals surface area contributed by atoms with Crippen LogP contribution < -0.4 is 5.32 Å². The van der Waals surface area contributed by atoms with Gasteiger partial charge in [0.1, 0.15) is 16.7 Å². The van der Waals surface area contributed by atoms with Crippen molar-refractivity contribution >= 4 is 29.0 Å². The van der Waals surface area contributed by atoms with E-state index >= 15 is 0 Å². The number of nitrogens with zero attached hydrogens (tertiary/aromatic N) is 2. The van der Waals surface area contributed by atoms with Crippen molar-refractivity contribution in [1.29, 1.82) is 0 Å². The lowest BCUT2D eigenvalue weighted by Crippen LogP contribution is -2.05. The first-order valence-electron chi connectivity index (χ1n) is 6.11. The largest absolute Gasteiger partial charge is 0.366 e. The zero-order valence-corrected chi connectivity index (χ0v) is 12.1. The van der Waals surface area contributed by atoms with Gasteiger partial charge in [-0.3, -0.25) is 0 Å². The molecule has 0 unspecified atom stereocenters. The molecule has 0 saturated heterocycles. The van der Waals surface area contributed by atoms with Crippen molar-refractivity contribution in [2.24, 2.45) is 0 Å². The Hall–Kier alpha value is -1.32. The Balaban J connectivity index is 0.000000163. The second-order valence-corrected chi connectivity index (χ2v) is 5.17. The number of rotatable bonds is 2. The molecule has 5 heteroatoms. The summed E-state index contributed by atoms with van der Waals surface area (Å²) in [6, 6.07) is 10.0. The van der Waals surface area contributed by atoms with E-state index in [-0.39, 0.29) is 0 Å². The lowest BCUT2D eigenvalue weighted by atomic mass is 10.4. The summed E-state index contributed by atoms with van der Waals surface area (Å²) >= 11 is 11.4. The fourth-order valence-electron chi connectivity index (χ4n) is 1.39. The molecule has 3 nitrogen and oxygen atoms in total. The summed E-state index contributed by atoms with van der Waals surface area (Å²) in [6.45, 7) is 1.86. The van der Waals surface area contributed by atoms with Gasteiger partial charge in [0, 0.05) is 11.1 Å². The summed E-state index contributed by atoms with van der Waals surface area (Å²) in [7, 11) is 0. The third-order valence-electron chi connectivity index (χ3n) is 2.52. The van der Waals surface area contributed by atoms with Crippen LogP contribution in [0.3, 0.4) is 0 Å². The zero-order chi connectivity index (χ0) is 13.7. The molecule has 0 spiro atoms. The highest BCUT2D eigenvalue weighted by Gasteiger charge is 2.22. The number of hydrogen-bond acceptors (Lipinski definition) is 3. The predicted octanol–water partition coefficient (Wildman–Crippen LogP) is 4.35. The van der Waals surface area contributed by atoms with E-state index in [0.29, 0.717) is 11.1 Å². The molecule has 2 aromatic rings. The van der Waals surface area contributed by atoms with Crippen molar-refractivity contribution in [3.63, 3.8) is 0 Å². The summed E-state index contributed by atoms with van der Waals surface area (Å²) in [4.78, 5) is 8.18. The summed E-state index contributed by atoms with van der Waals surface area (Å²) < 4.78 is 0. The number of nitrogens with one attached hydrogen (secondary N) is 1. The molecule has 1 aromatic heterocycles. The molecule has 1 aromatic carbocycles. The number of anilines is 1. The van der Waals surface area contributed by atoms with Crippen LogP contribution in [0.25, 0.3) is 0 Å². The van der Waals surface area contributed by atoms with E-state index in [1.165, 1.54) is 12.8 Å². The molecule has 0 bridgehead atoms. The fourth-order valence-corrected chi connectivity index (χ4v) is 1.68. The van der Waals surface area contributed by atoms with Crippen molar-refractivity contribution < 1.29 is 0 Å². The lowest BCUT2D eigenvalue weighted by Gasteiger charge is -2.04. The van der Waals surface area contributed by atoms with Crippen LogP contribution in [-0.2, 0) is 0 Å². The van der Waals surface area contributed by atoms with Crippen LogP contribution in [0.1, 0.15) is 18.7 Å². The summed E-state index contributed by atoms with van der Waals surface area (Å²) in [5.41, 5.74) is 0. The van der Waals surface area contributed by atoms with Crippen LogP contribution in [0.2, 0.25) is 10.0 Å². The van der Waals surface area contributed by atoms with Gasteiger partial charge in [0.25, 0.3) is 0 Å². The van der Waals surface area contributed by atoms with Gasteiger partial charge < -0.3 is 5.32 Å². The molecular formula is C14H15Cl2N3. The van der Waals surface area contributed by atoms with E-state index in [0.717, 1.165) is 16.7 Å². The number of hydrogen-bond donors (Lipinski definition) is 1. The third kappa shape index (κ3) is 5.05. The number of benzene rings is 1. The maximum atomic E-state index is 5.88. The minimum atomic E-state index is 0.580. The molecule has 100 valence electrons. The molecule has 0 radical (unpaired) electrons. The van der Waals surface area contributed by atoms with E-state index in [1.807, 2.05) is 37.3 Å². The Bertz CT molecular complexity index is 527. The SMILES string of the molecule is Cc1ncc(Cl)c(NC2CC2)n1.Clc1ccccc1. The zero-order valence-electron chi connectivity index (χ0n) is 10.6. The van der Waals surface area contributed by atoms with Crippen molar-refractivity contribution in [2.75, 3.05) is 5.32 Å². The smallest absolute Gasteiger partial charge is 0.148 e. The van der Waals surface area contributed by atoms with Gasteiger partial charge in [-0.15, -0.1) is 0 Å². The Labute approximate surface area is 123 Å². The molecule has 1 fully saturated rings. The Morgan fingerprint density at radius 1 is 1.16 bits per heavy atom. The number of aromatic nitrogens is 2. The second-order valence-electron chi connectivity index (χ2n) is 4.33. The van der Waals surface area contributed by atoms with Gasteiger partial charge in [0.2, 0.25) is 0 Å². The monoisotopic (exact) mass is 295 g/mol. The summed E-state index contributed by atoms with van der Waals surface area (Å²) in [5.74, 6) is 1.52. The first-order valence-corrected chi connectivity index (χ1v) is 6.87. The van der Waals surface area contributed by atoms with Crippen molar-refractivity contribution in [3.05, 3.63) is 52.4 Å². The van der Waals surface area contributed by atoms with Gasteiger partial charge in [0.05, 0.1) is 6.20 Å². The van der Waals surface area contributed by atoms with Crippen LogP contribution >= 0.6 is 23.2 Å². The van der Waals surface area contributed by atoms with Gasteiger partial charge in [-0.05, 0) is 31.9 Å². The third-order valence-corrected chi connectivity index (χ3v) is 3.04. The highest BCUT2D eigenvalue weighted by Crippen LogP contribution is 2.27. The van der Waals surface area contributed by atoms with Gasteiger partial charge in [-0.25, -0.2) is 9.97 Å². The Morgan fingerprint density at radius 2 is 1.84 bits per heavy atom. The molecule has 19 heavy (non-hydrogen) atoms. The lowest BCUT2D eigenvalue weighted by molar-refractivity contribution is 1.02. The molecule has 1 heterocycles. The van der Waals surface area contributed by atoms with Crippen LogP contribution in [0.5, 0.6) is 0 Å². The average Bonchev–Trinajstić information content (AvgIpc) is 3.20. The van der Waals surface area contributed by atoms with E-state index in [1.54, 1.807) is 6.20 Å². The van der Waals surface area contributed by atoms with Crippen LogP contribution in [0, 0.1) is 6.92 Å². The normalized spacial score (nSPS) is 13.4. The van der Waals surface area contributed by atoms with E-state index in [4.69, 9.17) is 23.2 Å². The predicted molar refractivity (Wildman–Crippen MR) is 79.9 cm³/mol. The van der Waals surface area contributed by atoms with Gasteiger partial charge in [-0.2, -0.15) is 0 Å².